The lowest BCUT2D eigenvalue weighted by atomic mass is 10.0. The molecule has 0 N–H and O–H groups in total. The van der Waals surface area contributed by atoms with Gasteiger partial charge in [0, 0.05) is 0 Å². The molecule has 0 bridgehead atoms. The summed E-state index contributed by atoms with van der Waals surface area (Å²) in [7, 11) is 0. The molecule has 0 aliphatic heterocycles. The molecule has 10 heteroatoms. The molecule has 0 saturated carbocycles. The molecule has 0 heterocycles. The number of unbranched alkanes of at least 4 members (excludes halogenated alkanes) is 6. The molecule has 4 aromatic rings. The number of carbonyl (C=O) groups is 4. The van der Waals surface area contributed by atoms with Gasteiger partial charge in [-0.3, -0.25) is 0 Å². The molecule has 1 atom stereocenters. The average molecular weight is 729 g/mol. The Morgan fingerprint density at radius 2 is 1.06 bits per heavy atom. The summed E-state index contributed by atoms with van der Waals surface area (Å²) in [5.41, 5.74) is 2.53. The summed E-state index contributed by atoms with van der Waals surface area (Å²) in [5.74, 6) is -1.42. The molecule has 4 aromatic carbocycles. The number of rotatable bonds is 19. The lowest BCUT2D eigenvalue weighted by molar-refractivity contribution is -0.153. The summed E-state index contributed by atoms with van der Waals surface area (Å²) >= 11 is 6.48. The third-order valence-electron chi connectivity index (χ3n) is 8.10. The van der Waals surface area contributed by atoms with Gasteiger partial charge in [-0.15, -0.1) is 0 Å². The Balaban J connectivity index is 1.24. The van der Waals surface area contributed by atoms with Crippen LogP contribution >= 0.6 is 11.6 Å². The predicted octanol–water partition coefficient (Wildman–Crippen LogP) is 10.1. The fourth-order valence-electron chi connectivity index (χ4n) is 5.05. The number of esters is 4. The lowest BCUT2D eigenvalue weighted by Gasteiger charge is -2.13. The van der Waals surface area contributed by atoms with E-state index in [0.29, 0.717) is 22.9 Å². The van der Waals surface area contributed by atoms with Crippen molar-refractivity contribution in [1.29, 1.82) is 0 Å². The van der Waals surface area contributed by atoms with E-state index in [9.17, 15) is 19.2 Å². The van der Waals surface area contributed by atoms with Crippen molar-refractivity contribution in [3.05, 3.63) is 113 Å². The largest absolute Gasteiger partial charge is 0.492 e. The van der Waals surface area contributed by atoms with Gasteiger partial charge in [0.2, 0.25) is 0 Å². The van der Waals surface area contributed by atoms with Gasteiger partial charge in [0.25, 0.3) is 0 Å². The van der Waals surface area contributed by atoms with Crippen molar-refractivity contribution in [3.63, 3.8) is 0 Å². The number of benzene rings is 4. The number of halogens is 1. The fraction of sp³-hybridized carbons (Fsp3) is 0.333. The lowest BCUT2D eigenvalue weighted by Crippen LogP contribution is -2.26. The van der Waals surface area contributed by atoms with Crippen LogP contribution in [0.5, 0.6) is 17.2 Å². The molecule has 52 heavy (non-hydrogen) atoms. The Morgan fingerprint density at radius 3 is 1.62 bits per heavy atom. The Morgan fingerprint density at radius 1 is 0.577 bits per heavy atom. The van der Waals surface area contributed by atoms with Crippen molar-refractivity contribution in [3.8, 4) is 28.4 Å². The Hall–Kier alpha value is -5.15. The van der Waals surface area contributed by atoms with Crippen molar-refractivity contribution in [2.45, 2.75) is 78.2 Å². The van der Waals surface area contributed by atoms with E-state index < -0.39 is 30.0 Å². The smallest absolute Gasteiger partial charge is 0.347 e. The van der Waals surface area contributed by atoms with E-state index in [0.717, 1.165) is 43.2 Å². The average Bonchev–Trinajstić information content (AvgIpc) is 3.15. The molecular weight excluding hydrogens is 684 g/mol. The highest BCUT2D eigenvalue weighted by Crippen LogP contribution is 2.31. The second kappa shape index (κ2) is 20.6. The van der Waals surface area contributed by atoms with Crippen molar-refractivity contribution >= 4 is 35.5 Å². The molecule has 0 aliphatic rings. The first-order valence-electron chi connectivity index (χ1n) is 17.7. The van der Waals surface area contributed by atoms with Crippen LogP contribution in [0.15, 0.2) is 91.0 Å². The van der Waals surface area contributed by atoms with Crippen LogP contribution < -0.4 is 14.2 Å². The monoisotopic (exact) mass is 728 g/mol. The van der Waals surface area contributed by atoms with Gasteiger partial charge >= 0.3 is 23.9 Å². The highest BCUT2D eigenvalue weighted by Gasteiger charge is 2.21. The zero-order valence-corrected chi connectivity index (χ0v) is 30.6. The van der Waals surface area contributed by atoms with Gasteiger partial charge in [-0.1, -0.05) is 82.2 Å². The first-order valence-corrected chi connectivity index (χ1v) is 18.1. The van der Waals surface area contributed by atoms with Crippen LogP contribution in [0.1, 0.15) is 103 Å². The minimum absolute atomic E-state index is 0.179. The highest BCUT2D eigenvalue weighted by molar-refractivity contribution is 6.32. The van der Waals surface area contributed by atoms with E-state index in [1.807, 2.05) is 37.3 Å². The summed E-state index contributed by atoms with van der Waals surface area (Å²) in [4.78, 5) is 50.1. The van der Waals surface area contributed by atoms with E-state index in [1.165, 1.54) is 74.7 Å². The Labute approximate surface area is 310 Å². The third kappa shape index (κ3) is 12.3. The van der Waals surface area contributed by atoms with Crippen molar-refractivity contribution in [2.24, 2.45) is 0 Å². The normalized spacial score (nSPS) is 11.3. The quantitative estimate of drug-likeness (QED) is 0.0528. The minimum Gasteiger partial charge on any atom is -0.492 e. The van der Waals surface area contributed by atoms with Gasteiger partial charge in [-0.25, -0.2) is 19.2 Å². The van der Waals surface area contributed by atoms with E-state index in [1.54, 1.807) is 12.1 Å². The molecular formula is C42H45ClO9. The number of carbonyl (C=O) groups excluding carboxylic acids is 4. The zero-order chi connectivity index (χ0) is 37.3. The van der Waals surface area contributed by atoms with Crippen LogP contribution in [0.25, 0.3) is 11.1 Å². The topological polar surface area (TPSA) is 114 Å². The van der Waals surface area contributed by atoms with E-state index in [2.05, 4.69) is 6.92 Å². The maximum absolute atomic E-state index is 12.8. The van der Waals surface area contributed by atoms with Crippen LogP contribution in [-0.2, 0) is 14.3 Å². The molecule has 0 aromatic heterocycles. The molecule has 1 unspecified atom stereocenters. The second-order valence-corrected chi connectivity index (χ2v) is 12.6. The summed E-state index contributed by atoms with van der Waals surface area (Å²) in [6, 6.07) is 24.3. The Kier molecular flexibility index (Phi) is 15.7. The summed E-state index contributed by atoms with van der Waals surface area (Å²) in [6.45, 7) is 6.59. The fourth-order valence-corrected chi connectivity index (χ4v) is 5.29. The van der Waals surface area contributed by atoms with Crippen molar-refractivity contribution < 1.29 is 42.9 Å². The van der Waals surface area contributed by atoms with Gasteiger partial charge in [0.1, 0.15) is 17.2 Å². The summed E-state index contributed by atoms with van der Waals surface area (Å²) in [5, 5.41) is 0.529. The molecule has 9 nitrogen and oxygen atoms in total. The standard InChI is InChI=1S/C42H45ClO9/c1-4-6-8-9-11-26-48-38-25-20-34(28-37(38)43)30-12-14-31(15-13-30)41(46)51-36-23-18-33(19-24-36)42(47)52-35-21-16-32(17-22-35)40(45)50-29(3)39(44)49-27-10-7-5-2/h12-25,28-29H,4-11,26-27H2,1-3H3. The summed E-state index contributed by atoms with van der Waals surface area (Å²) < 4.78 is 27.1. The molecule has 4 rings (SSSR count). The van der Waals surface area contributed by atoms with Crippen LogP contribution in [0.2, 0.25) is 5.02 Å². The molecule has 0 amide bonds. The predicted molar refractivity (Wildman–Crippen MR) is 199 cm³/mol. The van der Waals surface area contributed by atoms with Gasteiger partial charge in [-0.05, 0) is 104 Å². The summed E-state index contributed by atoms with van der Waals surface area (Å²) in [6.07, 6.45) is 7.42. The van der Waals surface area contributed by atoms with Crippen LogP contribution in [0, 0.1) is 0 Å². The van der Waals surface area contributed by atoms with Crippen LogP contribution in [0.4, 0.5) is 0 Å². The van der Waals surface area contributed by atoms with Crippen LogP contribution in [-0.4, -0.2) is 43.2 Å². The van der Waals surface area contributed by atoms with Gasteiger partial charge in [0.05, 0.1) is 34.9 Å². The zero-order valence-electron chi connectivity index (χ0n) is 29.9. The first kappa shape index (κ1) is 39.6. The SMILES string of the molecule is CCCCCCCOc1ccc(-c2ccc(C(=O)Oc3ccc(C(=O)Oc4ccc(C(=O)OC(C)C(=O)OCCCCC)cc4)cc3)cc2)cc1Cl. The minimum atomic E-state index is -1.06. The van der Waals surface area contributed by atoms with Gasteiger partial charge in [-0.2, -0.15) is 0 Å². The number of hydrogen-bond acceptors (Lipinski definition) is 9. The molecule has 0 fully saturated rings. The molecule has 0 spiro atoms. The van der Waals surface area contributed by atoms with Crippen LogP contribution in [0.3, 0.4) is 0 Å². The van der Waals surface area contributed by atoms with E-state index >= 15 is 0 Å². The molecule has 0 saturated heterocycles. The first-order chi connectivity index (χ1) is 25.2. The van der Waals surface area contributed by atoms with Gasteiger partial charge in [0.15, 0.2) is 6.10 Å². The molecule has 0 aliphatic carbocycles. The van der Waals surface area contributed by atoms with Crippen molar-refractivity contribution in [2.75, 3.05) is 13.2 Å². The number of hydrogen-bond donors (Lipinski definition) is 0. The maximum atomic E-state index is 12.8. The number of ether oxygens (including phenoxy) is 5. The maximum Gasteiger partial charge on any atom is 0.347 e. The second-order valence-electron chi connectivity index (χ2n) is 12.2. The van der Waals surface area contributed by atoms with E-state index in [4.69, 9.17) is 35.3 Å². The Bertz CT molecular complexity index is 1770. The molecule has 274 valence electrons. The van der Waals surface area contributed by atoms with E-state index in [-0.39, 0.29) is 29.2 Å². The highest BCUT2D eigenvalue weighted by atomic mass is 35.5. The third-order valence-corrected chi connectivity index (χ3v) is 8.40. The van der Waals surface area contributed by atoms with Gasteiger partial charge < -0.3 is 23.7 Å². The molecule has 0 radical (unpaired) electrons. The van der Waals surface area contributed by atoms with Crippen molar-refractivity contribution in [1.82, 2.24) is 0 Å².